The molecule has 0 radical (unpaired) electrons. The molecule has 0 aliphatic carbocycles. The third kappa shape index (κ3) is 17.0. The van der Waals surface area contributed by atoms with E-state index in [1.807, 2.05) is 0 Å². The van der Waals surface area contributed by atoms with Gasteiger partial charge in [0.1, 0.15) is 0 Å². The van der Waals surface area contributed by atoms with Crippen LogP contribution in [-0.4, -0.2) is 20.1 Å². The summed E-state index contributed by atoms with van der Waals surface area (Å²) in [7, 11) is -1.78. The second-order valence-electron chi connectivity index (χ2n) is 7.24. The van der Waals surface area contributed by atoms with E-state index in [9.17, 15) is 0 Å². The van der Waals surface area contributed by atoms with Crippen molar-refractivity contribution in [2.75, 3.05) is 0 Å². The van der Waals surface area contributed by atoms with Crippen molar-refractivity contribution in [3.8, 4) is 0 Å². The zero-order chi connectivity index (χ0) is 19.4. The molecule has 0 nitrogen and oxygen atoms in total. The topological polar surface area (TPSA) is 0 Å². The predicted octanol–water partition coefficient (Wildman–Crippen LogP) is 9.91. The molecule has 0 N–H and O–H groups in total. The molecular weight excluding hydrogens is 489 g/mol. The average Bonchev–Trinajstić information content (AvgIpc) is 2.49. The summed E-state index contributed by atoms with van der Waals surface area (Å²) in [6, 6.07) is 3.62. The van der Waals surface area contributed by atoms with Crippen LogP contribution in [0.4, 0.5) is 0 Å². The fourth-order valence-electron chi connectivity index (χ4n) is 3.09. The molecule has 0 saturated carbocycles. The van der Waals surface area contributed by atoms with E-state index in [0.29, 0.717) is 0 Å². The maximum absolute atomic E-state index is 7.17. The smallest absolute Gasteiger partial charge is 0.167 e. The summed E-state index contributed by atoms with van der Waals surface area (Å²) in [5.41, 5.74) is 0. The zero-order valence-corrected chi connectivity index (χ0v) is 23.2. The minimum Gasteiger partial charge on any atom is -0.167 e. The Hall–Kier alpha value is 2.39. The standard InChI is InChI=1S/C16H34Cl6Si3/c1-3-5-6-8-12-23(17,15-16-24(18,19)11-4-2)13-9-7-10-14-25(20,21)22/h3-16H2,1-2H3. The van der Waals surface area contributed by atoms with Gasteiger partial charge in [0.15, 0.2) is 7.38 Å². The summed E-state index contributed by atoms with van der Waals surface area (Å²) in [5, 5.41) is 0. The summed E-state index contributed by atoms with van der Waals surface area (Å²) in [6.07, 6.45) is 9.41. The lowest BCUT2D eigenvalue weighted by atomic mass is 10.2. The van der Waals surface area contributed by atoms with Gasteiger partial charge in [0.05, 0.1) is 0 Å². The number of unbranched alkanes of at least 4 members (excludes halogenated alkanes) is 5. The molecular formula is C16H34Cl6Si3. The molecule has 0 amide bonds. The molecule has 152 valence electrons. The van der Waals surface area contributed by atoms with Crippen LogP contribution < -0.4 is 0 Å². The molecule has 0 aromatic rings. The number of hydrogen-bond donors (Lipinski definition) is 0. The first-order chi connectivity index (χ1) is 11.5. The van der Waals surface area contributed by atoms with E-state index in [0.717, 1.165) is 55.9 Å². The van der Waals surface area contributed by atoms with Gasteiger partial charge < -0.3 is 0 Å². The van der Waals surface area contributed by atoms with Gasteiger partial charge in [-0.15, -0.1) is 55.4 Å². The summed E-state index contributed by atoms with van der Waals surface area (Å²) in [5.74, 6) is 0. The van der Waals surface area contributed by atoms with E-state index in [1.165, 1.54) is 31.7 Å². The van der Waals surface area contributed by atoms with Crippen molar-refractivity contribution >= 4 is 86.6 Å². The Labute approximate surface area is 186 Å². The third-order valence-electron chi connectivity index (χ3n) is 4.62. The van der Waals surface area contributed by atoms with E-state index < -0.39 is 20.1 Å². The lowest BCUT2D eigenvalue weighted by Crippen LogP contribution is -2.30. The summed E-state index contributed by atoms with van der Waals surface area (Å²) in [4.78, 5) is 0. The predicted molar refractivity (Wildman–Crippen MR) is 130 cm³/mol. The van der Waals surface area contributed by atoms with Crippen molar-refractivity contribution in [1.82, 2.24) is 0 Å². The second-order valence-corrected chi connectivity index (χ2v) is 30.4. The fourth-order valence-corrected chi connectivity index (χ4v) is 16.2. The normalized spacial score (nSPS) is 15.4. The highest BCUT2D eigenvalue weighted by Gasteiger charge is 2.35. The van der Waals surface area contributed by atoms with Gasteiger partial charge in [0.2, 0.25) is 0 Å². The molecule has 25 heavy (non-hydrogen) atoms. The first-order valence-corrected chi connectivity index (χ1v) is 23.0. The van der Waals surface area contributed by atoms with Crippen LogP contribution >= 0.6 is 66.5 Å². The van der Waals surface area contributed by atoms with Crippen molar-refractivity contribution in [2.24, 2.45) is 0 Å². The van der Waals surface area contributed by atoms with E-state index in [-0.39, 0.29) is 0 Å². The number of halogens is 6. The highest BCUT2D eigenvalue weighted by atomic mass is 35.8. The minimum absolute atomic E-state index is 0.751. The molecule has 0 fully saturated rings. The van der Waals surface area contributed by atoms with Crippen LogP contribution in [0.2, 0.25) is 36.3 Å². The Morgan fingerprint density at radius 3 is 1.48 bits per heavy atom. The average molecular weight is 523 g/mol. The van der Waals surface area contributed by atoms with Crippen molar-refractivity contribution in [1.29, 1.82) is 0 Å². The van der Waals surface area contributed by atoms with E-state index in [1.54, 1.807) is 0 Å². The van der Waals surface area contributed by atoms with Gasteiger partial charge in [0.25, 0.3) is 6.69 Å². The van der Waals surface area contributed by atoms with Crippen molar-refractivity contribution in [3.05, 3.63) is 0 Å². The molecule has 0 aromatic heterocycles. The summed E-state index contributed by atoms with van der Waals surface area (Å²) < 4.78 is 0. The van der Waals surface area contributed by atoms with Gasteiger partial charge >= 0.3 is 6.00 Å². The molecule has 0 spiro atoms. The van der Waals surface area contributed by atoms with Gasteiger partial charge in [-0.25, -0.2) is 0 Å². The van der Waals surface area contributed by atoms with E-state index in [4.69, 9.17) is 66.5 Å². The fraction of sp³-hybridized carbons (Fsp3) is 1.00. The van der Waals surface area contributed by atoms with Gasteiger partial charge in [-0.3, -0.25) is 0 Å². The van der Waals surface area contributed by atoms with E-state index in [2.05, 4.69) is 13.8 Å². The Balaban J connectivity index is 4.41. The third-order valence-corrected chi connectivity index (χ3v) is 17.6. The summed E-state index contributed by atoms with van der Waals surface area (Å²) >= 11 is 38.2. The monoisotopic (exact) mass is 520 g/mol. The molecule has 0 saturated heterocycles. The lowest BCUT2D eigenvalue weighted by Gasteiger charge is -2.27. The first kappa shape index (κ1) is 27.4. The van der Waals surface area contributed by atoms with Crippen LogP contribution in [0.25, 0.3) is 0 Å². The van der Waals surface area contributed by atoms with Crippen LogP contribution in [0.3, 0.4) is 0 Å². The Morgan fingerprint density at radius 1 is 0.480 bits per heavy atom. The van der Waals surface area contributed by atoms with Crippen molar-refractivity contribution in [2.45, 2.75) is 101 Å². The molecule has 0 heterocycles. The van der Waals surface area contributed by atoms with Gasteiger partial charge in [0, 0.05) is 0 Å². The van der Waals surface area contributed by atoms with Crippen LogP contribution in [0.5, 0.6) is 0 Å². The first-order valence-electron chi connectivity index (χ1n) is 9.67. The van der Waals surface area contributed by atoms with Crippen LogP contribution in [0.1, 0.15) is 65.2 Å². The maximum Gasteiger partial charge on any atom is 0.341 e. The molecule has 0 aliphatic heterocycles. The van der Waals surface area contributed by atoms with Crippen LogP contribution in [-0.2, 0) is 0 Å². The second kappa shape index (κ2) is 14.4. The zero-order valence-electron chi connectivity index (χ0n) is 15.7. The number of hydrogen-bond acceptors (Lipinski definition) is 0. The van der Waals surface area contributed by atoms with Gasteiger partial charge in [-0.2, -0.15) is 11.1 Å². The maximum atomic E-state index is 7.17. The van der Waals surface area contributed by atoms with Gasteiger partial charge in [-0.1, -0.05) is 65.2 Å². The SMILES string of the molecule is CCCCCC[Si](Cl)(CCCCC[Si](Cl)(Cl)Cl)CC[Si](Cl)(Cl)CCC. The molecule has 1 atom stereocenters. The molecule has 9 heteroatoms. The van der Waals surface area contributed by atoms with Crippen LogP contribution in [0.15, 0.2) is 0 Å². The minimum atomic E-state index is -2.47. The van der Waals surface area contributed by atoms with Crippen molar-refractivity contribution < 1.29 is 0 Å². The largest absolute Gasteiger partial charge is 0.341 e. The molecule has 0 rings (SSSR count). The number of rotatable bonds is 16. The lowest BCUT2D eigenvalue weighted by molar-refractivity contribution is 0.693. The molecule has 0 aromatic carbocycles. The Kier molecular flexibility index (Phi) is 15.8. The summed E-state index contributed by atoms with van der Waals surface area (Å²) in [6.45, 7) is 2.29. The van der Waals surface area contributed by atoms with Gasteiger partial charge in [-0.05, 0) is 36.3 Å². The van der Waals surface area contributed by atoms with E-state index >= 15 is 0 Å². The molecule has 0 bridgehead atoms. The van der Waals surface area contributed by atoms with Crippen LogP contribution in [0, 0.1) is 0 Å². The molecule has 0 aliphatic rings. The Bertz CT molecular complexity index is 338. The van der Waals surface area contributed by atoms with Crippen molar-refractivity contribution in [3.63, 3.8) is 0 Å². The highest BCUT2D eigenvalue weighted by molar-refractivity contribution is 7.64. The molecule has 1 unspecified atom stereocenters. The highest BCUT2D eigenvalue weighted by Crippen LogP contribution is 2.38. The quantitative estimate of drug-likeness (QED) is 0.107. The Morgan fingerprint density at radius 2 is 1.00 bits per heavy atom.